The first-order valence-electron chi connectivity index (χ1n) is 12.2. The maximum Gasteiger partial charge on any atom is 0.252 e. The smallest absolute Gasteiger partial charge is 0.252 e. The topological polar surface area (TPSA) is 68.4 Å². The second-order valence-electron chi connectivity index (χ2n) is 10.2. The van der Waals surface area contributed by atoms with Gasteiger partial charge in [0.1, 0.15) is 6.04 Å². The lowest BCUT2D eigenvalue weighted by molar-refractivity contribution is -0.136. The molecule has 174 valence electrons. The van der Waals surface area contributed by atoms with Crippen molar-refractivity contribution in [2.45, 2.75) is 52.5 Å². The van der Waals surface area contributed by atoms with E-state index < -0.39 is 6.04 Å². The average molecular weight is 439 g/mol. The van der Waals surface area contributed by atoms with Gasteiger partial charge in [0.05, 0.1) is 0 Å². The number of carbonyl (C=O) groups is 2. The quantitative estimate of drug-likeness (QED) is 0.746. The molecule has 1 aromatic heterocycles. The van der Waals surface area contributed by atoms with E-state index in [9.17, 15) is 9.59 Å². The Hall–Kier alpha value is -2.34. The molecule has 0 saturated carbocycles. The van der Waals surface area contributed by atoms with Crippen molar-refractivity contribution in [1.29, 1.82) is 0 Å². The van der Waals surface area contributed by atoms with Crippen LogP contribution in [0.3, 0.4) is 0 Å². The molecule has 6 heteroatoms. The minimum absolute atomic E-state index is 0.0366. The van der Waals surface area contributed by atoms with Gasteiger partial charge >= 0.3 is 0 Å². The molecule has 2 N–H and O–H groups in total. The van der Waals surface area contributed by atoms with Crippen molar-refractivity contribution in [3.8, 4) is 0 Å². The lowest BCUT2D eigenvalue weighted by Gasteiger charge is -2.40. The Morgan fingerprint density at radius 1 is 1.03 bits per heavy atom. The third-order valence-corrected chi connectivity index (χ3v) is 7.65. The Balaban J connectivity index is 1.36. The Morgan fingerprint density at radius 3 is 2.28 bits per heavy atom. The first-order valence-corrected chi connectivity index (χ1v) is 12.2. The van der Waals surface area contributed by atoms with Crippen LogP contribution < -0.4 is 5.32 Å². The van der Waals surface area contributed by atoms with Crippen molar-refractivity contribution in [2.24, 2.45) is 17.8 Å². The van der Waals surface area contributed by atoms with Gasteiger partial charge in [-0.2, -0.15) is 0 Å². The number of benzene rings is 1. The first-order chi connectivity index (χ1) is 15.3. The molecule has 1 aromatic carbocycles. The Bertz CT molecular complexity index is 950. The minimum Gasteiger partial charge on any atom is -0.361 e. The standard InChI is InChI=1S/C26H38N4O2/c1-17(2)24(28-25(31)21-5-6-22-18(3)16-27-23(22)15-21)26(32)30-13-9-20(10-14-30)19-7-11-29(4)12-8-19/h5-6,15-17,19-20,24,27H,7-14H2,1-4H3,(H,28,31)/t24-/m1/s1. The van der Waals surface area contributed by atoms with E-state index in [1.807, 2.05) is 50.1 Å². The number of nitrogens with zero attached hydrogens (tertiary/aromatic N) is 2. The maximum absolute atomic E-state index is 13.3. The molecule has 2 aromatic rings. The summed E-state index contributed by atoms with van der Waals surface area (Å²) in [7, 11) is 2.20. The summed E-state index contributed by atoms with van der Waals surface area (Å²) in [6.45, 7) is 10.1. The molecule has 3 heterocycles. The van der Waals surface area contributed by atoms with E-state index in [0.717, 1.165) is 54.2 Å². The van der Waals surface area contributed by atoms with Gasteiger partial charge < -0.3 is 20.1 Å². The van der Waals surface area contributed by atoms with E-state index in [4.69, 9.17) is 0 Å². The first kappa shape index (κ1) is 22.8. The van der Waals surface area contributed by atoms with Gasteiger partial charge in [0.2, 0.25) is 5.91 Å². The summed E-state index contributed by atoms with van der Waals surface area (Å²) in [6, 6.07) is 5.18. The number of hydrogen-bond acceptors (Lipinski definition) is 3. The van der Waals surface area contributed by atoms with E-state index in [2.05, 4.69) is 22.2 Å². The predicted molar refractivity (Wildman–Crippen MR) is 129 cm³/mol. The van der Waals surface area contributed by atoms with Crippen molar-refractivity contribution >= 4 is 22.7 Å². The fourth-order valence-electron chi connectivity index (χ4n) is 5.44. The number of H-pyrrole nitrogens is 1. The molecule has 2 aliphatic heterocycles. The lowest BCUT2D eigenvalue weighted by Crippen LogP contribution is -2.53. The number of carbonyl (C=O) groups excluding carboxylic acids is 2. The van der Waals surface area contributed by atoms with Crippen LogP contribution in [0.1, 0.15) is 55.5 Å². The van der Waals surface area contributed by atoms with Crippen LogP contribution in [0.4, 0.5) is 0 Å². The molecule has 0 spiro atoms. The van der Waals surface area contributed by atoms with Crippen LogP contribution in [-0.2, 0) is 4.79 Å². The predicted octanol–water partition coefficient (Wildman–Crippen LogP) is 3.81. The normalized spacial score (nSPS) is 20.1. The highest BCUT2D eigenvalue weighted by molar-refractivity contribution is 6.00. The molecular formula is C26H38N4O2. The summed E-state index contributed by atoms with van der Waals surface area (Å²) < 4.78 is 0. The second-order valence-corrected chi connectivity index (χ2v) is 10.2. The van der Waals surface area contributed by atoms with Crippen LogP contribution >= 0.6 is 0 Å². The van der Waals surface area contributed by atoms with Gasteiger partial charge in [0.25, 0.3) is 5.91 Å². The number of aryl methyl sites for hydroxylation is 1. The van der Waals surface area contributed by atoms with Crippen molar-refractivity contribution < 1.29 is 9.59 Å². The largest absolute Gasteiger partial charge is 0.361 e. The van der Waals surface area contributed by atoms with Crippen molar-refractivity contribution in [3.63, 3.8) is 0 Å². The number of hydrogen-bond donors (Lipinski definition) is 2. The fourth-order valence-corrected chi connectivity index (χ4v) is 5.44. The van der Waals surface area contributed by atoms with Gasteiger partial charge in [-0.3, -0.25) is 9.59 Å². The monoisotopic (exact) mass is 438 g/mol. The molecule has 0 unspecified atom stereocenters. The highest BCUT2D eigenvalue weighted by atomic mass is 16.2. The zero-order valence-electron chi connectivity index (χ0n) is 20.0. The number of fused-ring (bicyclic) bond motifs is 1. The van der Waals surface area contributed by atoms with E-state index >= 15 is 0 Å². The summed E-state index contributed by atoms with van der Waals surface area (Å²) in [6.07, 6.45) is 6.68. The van der Waals surface area contributed by atoms with Gasteiger partial charge in [0.15, 0.2) is 0 Å². The molecule has 4 rings (SSSR count). The molecule has 6 nitrogen and oxygen atoms in total. The minimum atomic E-state index is -0.497. The molecule has 2 amide bonds. The summed E-state index contributed by atoms with van der Waals surface area (Å²) in [5, 5.41) is 4.15. The summed E-state index contributed by atoms with van der Waals surface area (Å²) in [5.41, 5.74) is 2.68. The number of amides is 2. The van der Waals surface area contributed by atoms with E-state index in [1.54, 1.807) is 0 Å². The van der Waals surface area contributed by atoms with Crippen LogP contribution in [0.15, 0.2) is 24.4 Å². The highest BCUT2D eigenvalue weighted by Crippen LogP contribution is 2.32. The van der Waals surface area contributed by atoms with Gasteiger partial charge in [-0.05, 0) is 88.2 Å². The molecule has 0 bridgehead atoms. The van der Waals surface area contributed by atoms with Crippen LogP contribution in [0, 0.1) is 24.7 Å². The lowest BCUT2D eigenvalue weighted by atomic mass is 9.78. The number of rotatable bonds is 5. The van der Waals surface area contributed by atoms with Gasteiger partial charge in [-0.15, -0.1) is 0 Å². The van der Waals surface area contributed by atoms with Crippen molar-refractivity contribution in [3.05, 3.63) is 35.5 Å². The number of likely N-dealkylation sites (tertiary alicyclic amines) is 2. The van der Waals surface area contributed by atoms with E-state index in [-0.39, 0.29) is 17.7 Å². The average Bonchev–Trinajstić information content (AvgIpc) is 3.17. The SMILES string of the molecule is Cc1c[nH]c2cc(C(=O)N[C@@H](C(=O)N3CCC(C4CCN(C)CC4)CC3)C(C)C)ccc12. The Kier molecular flexibility index (Phi) is 6.89. The number of nitrogens with one attached hydrogen (secondary N) is 2. The Morgan fingerprint density at radius 2 is 1.66 bits per heavy atom. The molecule has 2 saturated heterocycles. The van der Waals surface area contributed by atoms with Crippen molar-refractivity contribution in [1.82, 2.24) is 20.1 Å². The molecule has 32 heavy (non-hydrogen) atoms. The van der Waals surface area contributed by atoms with Gasteiger partial charge in [-0.1, -0.05) is 19.9 Å². The number of piperidine rings is 2. The molecule has 1 atom stereocenters. The molecule has 2 fully saturated rings. The van der Waals surface area contributed by atoms with E-state index in [1.165, 1.54) is 25.9 Å². The summed E-state index contributed by atoms with van der Waals surface area (Å²) in [5.74, 6) is 1.44. The van der Waals surface area contributed by atoms with Gasteiger partial charge in [0, 0.05) is 35.8 Å². The molecule has 0 radical (unpaired) electrons. The zero-order valence-corrected chi connectivity index (χ0v) is 20.0. The van der Waals surface area contributed by atoms with Crippen LogP contribution in [0.2, 0.25) is 0 Å². The molecular weight excluding hydrogens is 400 g/mol. The molecule has 2 aliphatic rings. The highest BCUT2D eigenvalue weighted by Gasteiger charge is 2.34. The van der Waals surface area contributed by atoms with Crippen molar-refractivity contribution in [2.75, 3.05) is 33.2 Å². The van der Waals surface area contributed by atoms with Crippen LogP contribution in [0.25, 0.3) is 10.9 Å². The van der Waals surface area contributed by atoms with Crippen LogP contribution in [0.5, 0.6) is 0 Å². The third-order valence-electron chi connectivity index (χ3n) is 7.65. The fraction of sp³-hybridized carbons (Fsp3) is 0.615. The molecule has 0 aliphatic carbocycles. The maximum atomic E-state index is 13.3. The number of aromatic amines is 1. The second kappa shape index (κ2) is 9.65. The van der Waals surface area contributed by atoms with E-state index in [0.29, 0.717) is 5.56 Å². The Labute approximate surface area is 191 Å². The number of aromatic nitrogens is 1. The third kappa shape index (κ3) is 4.85. The summed E-state index contributed by atoms with van der Waals surface area (Å²) in [4.78, 5) is 33.9. The van der Waals surface area contributed by atoms with Gasteiger partial charge in [-0.25, -0.2) is 0 Å². The zero-order chi connectivity index (χ0) is 22.8. The summed E-state index contributed by atoms with van der Waals surface area (Å²) >= 11 is 0. The van der Waals surface area contributed by atoms with Crippen LogP contribution in [-0.4, -0.2) is 65.9 Å².